The van der Waals surface area contributed by atoms with Crippen molar-refractivity contribution >= 4 is 29.3 Å². The molecule has 0 unspecified atom stereocenters. The van der Waals surface area contributed by atoms with Crippen molar-refractivity contribution in [3.63, 3.8) is 0 Å². The van der Waals surface area contributed by atoms with Crippen molar-refractivity contribution in [1.82, 2.24) is 25.3 Å². The third-order valence-electron chi connectivity index (χ3n) is 5.22. The van der Waals surface area contributed by atoms with Gasteiger partial charge >= 0.3 is 0 Å². The lowest BCUT2D eigenvalue weighted by Gasteiger charge is -2.24. The van der Waals surface area contributed by atoms with E-state index in [4.69, 9.17) is 16.3 Å². The second-order valence-electron chi connectivity index (χ2n) is 8.36. The summed E-state index contributed by atoms with van der Waals surface area (Å²) >= 11 is 6.07. The number of amides is 3. The lowest BCUT2D eigenvalue weighted by molar-refractivity contribution is -0.122. The van der Waals surface area contributed by atoms with Gasteiger partial charge in [-0.1, -0.05) is 11.6 Å². The van der Waals surface area contributed by atoms with E-state index >= 15 is 0 Å². The minimum Gasteiger partial charge on any atom is -0.491 e. The number of nitrogens with zero attached hydrogens (tertiary/aromatic N) is 3. The molecule has 1 aromatic carbocycles. The van der Waals surface area contributed by atoms with Gasteiger partial charge in [0.15, 0.2) is 0 Å². The van der Waals surface area contributed by atoms with Gasteiger partial charge in [0.25, 0.3) is 11.8 Å². The van der Waals surface area contributed by atoms with Crippen molar-refractivity contribution in [2.75, 3.05) is 26.2 Å². The van der Waals surface area contributed by atoms with E-state index in [1.54, 1.807) is 42.1 Å². The van der Waals surface area contributed by atoms with Crippen LogP contribution in [0.25, 0.3) is 0 Å². The third kappa shape index (κ3) is 6.47. The van der Waals surface area contributed by atoms with Gasteiger partial charge in [-0.25, -0.2) is 0 Å². The first kappa shape index (κ1) is 24.6. The summed E-state index contributed by atoms with van der Waals surface area (Å²) in [6.07, 6.45) is 2.83. The fraction of sp³-hybridized carbons (Fsp3) is 0.478. The van der Waals surface area contributed by atoms with Gasteiger partial charge in [-0.15, -0.1) is 0 Å². The molecule has 1 aliphatic rings. The zero-order chi connectivity index (χ0) is 24.0. The second kappa shape index (κ2) is 11.2. The van der Waals surface area contributed by atoms with Crippen LogP contribution in [0.5, 0.6) is 5.75 Å². The number of ether oxygens (including phenoxy) is 1. The topological polar surface area (TPSA) is 106 Å². The van der Waals surface area contributed by atoms with Crippen molar-refractivity contribution in [2.45, 2.75) is 45.7 Å². The molecular weight excluding hydrogens is 446 g/mol. The first-order valence-electron chi connectivity index (χ1n) is 11.1. The summed E-state index contributed by atoms with van der Waals surface area (Å²) < 4.78 is 7.45. The largest absolute Gasteiger partial charge is 0.491 e. The predicted octanol–water partition coefficient (Wildman–Crippen LogP) is 2.67. The molecular formula is C23H30ClN5O4. The molecule has 10 heteroatoms. The molecule has 2 N–H and O–H groups in total. The highest BCUT2D eigenvalue weighted by Crippen LogP contribution is 2.23. The average molecular weight is 476 g/mol. The Morgan fingerprint density at radius 3 is 2.79 bits per heavy atom. The number of rotatable bonds is 2. The summed E-state index contributed by atoms with van der Waals surface area (Å²) in [6, 6.07) is 6.19. The Morgan fingerprint density at radius 2 is 2.03 bits per heavy atom. The minimum atomic E-state index is -0.340. The zero-order valence-corrected chi connectivity index (χ0v) is 19.9. The quantitative estimate of drug-likeness (QED) is 0.694. The van der Waals surface area contributed by atoms with E-state index < -0.39 is 0 Å². The van der Waals surface area contributed by atoms with Gasteiger partial charge in [-0.3, -0.25) is 19.1 Å². The molecule has 3 amide bonds. The van der Waals surface area contributed by atoms with Crippen molar-refractivity contribution in [3.05, 3.63) is 46.7 Å². The fourth-order valence-corrected chi connectivity index (χ4v) is 3.76. The van der Waals surface area contributed by atoms with Crippen LogP contribution in [0.1, 0.15) is 60.5 Å². The highest BCUT2D eigenvalue weighted by molar-refractivity contribution is 6.31. The average Bonchev–Trinajstić information content (AvgIpc) is 3.26. The van der Waals surface area contributed by atoms with Crippen LogP contribution in [0.3, 0.4) is 0 Å². The normalized spacial score (nSPS) is 18.5. The number of carbonyl (C=O) groups excluding carboxylic acids is 3. The van der Waals surface area contributed by atoms with Crippen LogP contribution in [-0.2, 0) is 4.79 Å². The number of nitrogens with one attached hydrogen (secondary N) is 2. The summed E-state index contributed by atoms with van der Waals surface area (Å²) in [5, 5.41) is 10.4. The molecule has 0 spiro atoms. The van der Waals surface area contributed by atoms with Crippen LogP contribution in [0.4, 0.5) is 0 Å². The minimum absolute atomic E-state index is 0.0127. The Kier molecular flexibility index (Phi) is 8.32. The Labute approximate surface area is 198 Å². The van der Waals surface area contributed by atoms with Crippen LogP contribution >= 0.6 is 11.6 Å². The van der Waals surface area contributed by atoms with E-state index in [2.05, 4.69) is 15.7 Å². The lowest BCUT2D eigenvalue weighted by Crippen LogP contribution is -2.45. The molecule has 0 fully saturated rings. The molecule has 1 atom stereocenters. The van der Waals surface area contributed by atoms with E-state index in [0.29, 0.717) is 48.0 Å². The molecule has 0 saturated heterocycles. The molecule has 2 heterocycles. The van der Waals surface area contributed by atoms with Crippen LogP contribution in [0.15, 0.2) is 30.5 Å². The number of carbonyl (C=O) groups is 3. The zero-order valence-electron chi connectivity index (χ0n) is 19.1. The highest BCUT2D eigenvalue weighted by Gasteiger charge is 2.24. The molecule has 0 saturated carbocycles. The molecule has 1 aromatic heterocycles. The number of halogens is 1. The van der Waals surface area contributed by atoms with Gasteiger partial charge in [0.2, 0.25) is 5.91 Å². The van der Waals surface area contributed by atoms with Crippen LogP contribution in [0.2, 0.25) is 5.02 Å². The van der Waals surface area contributed by atoms with E-state index in [1.165, 1.54) is 4.90 Å². The van der Waals surface area contributed by atoms with Crippen molar-refractivity contribution in [3.8, 4) is 5.75 Å². The monoisotopic (exact) mass is 475 g/mol. The number of aromatic nitrogens is 2. The number of benzene rings is 1. The molecule has 178 valence electrons. The number of hydrogen-bond acceptors (Lipinski definition) is 5. The molecule has 3 rings (SSSR count). The van der Waals surface area contributed by atoms with Gasteiger partial charge < -0.3 is 20.3 Å². The van der Waals surface area contributed by atoms with Crippen LogP contribution in [-0.4, -0.2) is 64.7 Å². The van der Waals surface area contributed by atoms with E-state index in [-0.39, 0.29) is 43.0 Å². The van der Waals surface area contributed by atoms with E-state index in [1.807, 2.05) is 13.8 Å². The molecule has 1 aliphatic heterocycles. The number of fused-ring (bicyclic) bond motifs is 1. The second-order valence-corrected chi connectivity index (χ2v) is 8.80. The van der Waals surface area contributed by atoms with Crippen molar-refractivity contribution in [2.24, 2.45) is 0 Å². The summed E-state index contributed by atoms with van der Waals surface area (Å²) in [5.74, 6) is -0.425. The van der Waals surface area contributed by atoms with Gasteiger partial charge in [0.1, 0.15) is 18.1 Å². The molecule has 9 nitrogen and oxygen atoms in total. The molecule has 0 bridgehead atoms. The van der Waals surface area contributed by atoms with Gasteiger partial charge in [-0.05, 0) is 57.9 Å². The summed E-state index contributed by atoms with van der Waals surface area (Å²) in [5.41, 5.74) is 0.780. The third-order valence-corrected chi connectivity index (χ3v) is 5.46. The summed E-state index contributed by atoms with van der Waals surface area (Å²) in [7, 11) is 0. The maximum Gasteiger partial charge on any atom is 0.272 e. The number of hydrogen-bond donors (Lipinski definition) is 2. The molecule has 0 aliphatic carbocycles. The maximum absolute atomic E-state index is 13.2. The Bertz CT molecular complexity index is 1010. The lowest BCUT2D eigenvalue weighted by atomic mass is 10.1. The Balaban J connectivity index is 1.77. The molecule has 33 heavy (non-hydrogen) atoms. The fourth-order valence-electron chi connectivity index (χ4n) is 3.59. The van der Waals surface area contributed by atoms with Gasteiger partial charge in [-0.2, -0.15) is 5.10 Å². The predicted molar refractivity (Wildman–Crippen MR) is 125 cm³/mol. The summed E-state index contributed by atoms with van der Waals surface area (Å²) in [6.45, 7) is 6.55. The Hall–Kier alpha value is -3.07. The van der Waals surface area contributed by atoms with Crippen molar-refractivity contribution in [1.29, 1.82) is 0 Å². The van der Waals surface area contributed by atoms with Gasteiger partial charge in [0.05, 0.1) is 18.2 Å². The molecule has 0 radical (unpaired) electrons. The molecule has 2 aromatic rings. The standard InChI is InChI=1S/C23H30ClN5O4/c1-15(2)29-19(8-10-26-29)23(32)28-11-5-4-9-25-22(31)18-12-17(24)6-7-20(18)33-14-16(3)27-21(30)13-28/h6-8,10,12,15-16H,4-5,9,11,13-14H2,1-3H3,(H,25,31)(H,27,30)/t16-/m0/s1. The van der Waals surface area contributed by atoms with E-state index in [0.717, 1.165) is 0 Å². The SMILES string of the molecule is CC(C)n1nccc1C(=O)N1CCCCNC(=O)c2cc(Cl)ccc2OC[C@H](C)NC(=O)C1. The first-order chi connectivity index (χ1) is 15.8. The van der Waals surface area contributed by atoms with E-state index in [9.17, 15) is 14.4 Å². The van der Waals surface area contributed by atoms with Crippen LogP contribution in [0, 0.1) is 0 Å². The Morgan fingerprint density at radius 1 is 1.24 bits per heavy atom. The highest BCUT2D eigenvalue weighted by atomic mass is 35.5. The first-order valence-corrected chi connectivity index (χ1v) is 11.5. The smallest absolute Gasteiger partial charge is 0.272 e. The van der Waals surface area contributed by atoms with Crippen LogP contribution < -0.4 is 15.4 Å². The summed E-state index contributed by atoms with van der Waals surface area (Å²) in [4.78, 5) is 40.1. The van der Waals surface area contributed by atoms with Gasteiger partial charge in [0, 0.05) is 30.4 Å². The maximum atomic E-state index is 13.2. The van der Waals surface area contributed by atoms with Crippen molar-refractivity contribution < 1.29 is 19.1 Å².